The van der Waals surface area contributed by atoms with Crippen LogP contribution in [0.3, 0.4) is 0 Å². The van der Waals surface area contributed by atoms with E-state index in [9.17, 15) is 4.79 Å². The number of nitrogens with one attached hydrogen (secondary N) is 1. The van der Waals surface area contributed by atoms with Gasteiger partial charge in [-0.1, -0.05) is 0 Å². The third kappa shape index (κ3) is 3.81. The highest BCUT2D eigenvalue weighted by Gasteiger charge is 2.22. The first-order valence-electron chi connectivity index (χ1n) is 8.12. The molecule has 6 nitrogen and oxygen atoms in total. The number of hydrogen-bond acceptors (Lipinski definition) is 5. The minimum atomic E-state index is 0.0316. The average Bonchev–Trinajstić information content (AvgIpc) is 3.04. The number of pyridine rings is 2. The summed E-state index contributed by atoms with van der Waals surface area (Å²) in [6.45, 7) is 3.62. The zero-order valence-electron chi connectivity index (χ0n) is 13.8. The number of nitriles is 1. The maximum Gasteiger partial charge on any atom is 0.250 e. The summed E-state index contributed by atoms with van der Waals surface area (Å²) in [7, 11) is 1.76. The zero-order chi connectivity index (χ0) is 16.9. The molecule has 1 atom stereocenters. The monoisotopic (exact) mass is 323 g/mol. The third-order valence-corrected chi connectivity index (χ3v) is 4.43. The molecule has 0 aromatic carbocycles. The highest BCUT2D eigenvalue weighted by atomic mass is 16.1. The van der Waals surface area contributed by atoms with E-state index in [-0.39, 0.29) is 5.56 Å². The summed E-state index contributed by atoms with van der Waals surface area (Å²) in [5.41, 5.74) is 1.67. The molecule has 0 saturated carbocycles. The molecular weight excluding hydrogens is 302 g/mol. The van der Waals surface area contributed by atoms with Gasteiger partial charge in [0.15, 0.2) is 0 Å². The van der Waals surface area contributed by atoms with Gasteiger partial charge in [0, 0.05) is 45.1 Å². The van der Waals surface area contributed by atoms with E-state index in [0.29, 0.717) is 17.3 Å². The van der Waals surface area contributed by atoms with Gasteiger partial charge in [0.1, 0.15) is 11.9 Å². The molecule has 3 rings (SSSR count). The van der Waals surface area contributed by atoms with Crippen molar-refractivity contribution in [2.45, 2.75) is 13.0 Å². The van der Waals surface area contributed by atoms with E-state index in [1.165, 1.54) is 0 Å². The van der Waals surface area contributed by atoms with Crippen LogP contribution in [-0.2, 0) is 13.6 Å². The first kappa shape index (κ1) is 16.2. The summed E-state index contributed by atoms with van der Waals surface area (Å²) in [5, 5.41) is 12.4. The lowest BCUT2D eigenvalue weighted by atomic mass is 10.1. The van der Waals surface area contributed by atoms with Gasteiger partial charge in [-0.05, 0) is 42.6 Å². The largest absolute Gasteiger partial charge is 0.369 e. The molecule has 2 aromatic heterocycles. The fourth-order valence-electron chi connectivity index (χ4n) is 3.05. The normalized spacial score (nSPS) is 17.6. The second-order valence-corrected chi connectivity index (χ2v) is 6.27. The molecule has 1 aliphatic heterocycles. The van der Waals surface area contributed by atoms with E-state index < -0.39 is 0 Å². The van der Waals surface area contributed by atoms with E-state index in [4.69, 9.17) is 5.26 Å². The highest BCUT2D eigenvalue weighted by molar-refractivity contribution is 5.51. The third-order valence-electron chi connectivity index (χ3n) is 4.43. The van der Waals surface area contributed by atoms with Crippen molar-refractivity contribution >= 4 is 5.82 Å². The number of rotatable bonds is 5. The minimum absolute atomic E-state index is 0.0316. The maximum absolute atomic E-state index is 11.7. The molecule has 1 fully saturated rings. The van der Waals surface area contributed by atoms with Crippen molar-refractivity contribution in [3.8, 4) is 6.07 Å². The number of hydrogen-bond donors (Lipinski definition) is 1. The lowest BCUT2D eigenvalue weighted by molar-refractivity contribution is 0.318. The predicted molar refractivity (Wildman–Crippen MR) is 92.5 cm³/mol. The number of nitrogens with zero attached hydrogens (tertiary/aromatic N) is 4. The summed E-state index contributed by atoms with van der Waals surface area (Å²) >= 11 is 0. The first-order valence-corrected chi connectivity index (χ1v) is 8.12. The minimum Gasteiger partial charge on any atom is -0.369 e. The molecule has 0 spiro atoms. The van der Waals surface area contributed by atoms with Gasteiger partial charge in [-0.25, -0.2) is 4.98 Å². The Morgan fingerprint density at radius 3 is 3.12 bits per heavy atom. The lowest BCUT2D eigenvalue weighted by Gasteiger charge is -2.17. The molecule has 0 bridgehead atoms. The van der Waals surface area contributed by atoms with Crippen LogP contribution >= 0.6 is 0 Å². The average molecular weight is 323 g/mol. The summed E-state index contributed by atoms with van der Waals surface area (Å²) in [5.74, 6) is 1.18. The topological polar surface area (TPSA) is 74.0 Å². The number of aryl methyl sites for hydroxylation is 1. The van der Waals surface area contributed by atoms with Crippen molar-refractivity contribution in [1.29, 1.82) is 5.26 Å². The standard InChI is InChI=1S/C18H21N5O/c1-22-7-4-14(9-17(22)24)12-23-8-5-15(13-23)11-21-18-16(10-19)3-2-6-20-18/h2-4,6-7,9,15H,5,8,11-13H2,1H3,(H,20,21). The van der Waals surface area contributed by atoms with Crippen LogP contribution in [0.2, 0.25) is 0 Å². The zero-order valence-corrected chi connectivity index (χ0v) is 13.8. The Morgan fingerprint density at radius 2 is 2.33 bits per heavy atom. The second-order valence-electron chi connectivity index (χ2n) is 6.27. The summed E-state index contributed by atoms with van der Waals surface area (Å²) < 4.78 is 1.58. The van der Waals surface area contributed by atoms with Gasteiger partial charge in [-0.3, -0.25) is 9.69 Å². The number of anilines is 1. The maximum atomic E-state index is 11.7. The van der Waals surface area contributed by atoms with Crippen molar-refractivity contribution < 1.29 is 0 Å². The summed E-state index contributed by atoms with van der Waals surface area (Å²) in [6.07, 6.45) is 4.61. The van der Waals surface area contributed by atoms with Crippen LogP contribution in [0.25, 0.3) is 0 Å². The van der Waals surface area contributed by atoms with Gasteiger partial charge in [-0.2, -0.15) is 5.26 Å². The van der Waals surface area contributed by atoms with Crippen LogP contribution < -0.4 is 10.9 Å². The van der Waals surface area contributed by atoms with Crippen LogP contribution in [0.1, 0.15) is 17.5 Å². The molecule has 124 valence electrons. The fraction of sp³-hybridized carbons (Fsp3) is 0.389. The van der Waals surface area contributed by atoms with E-state index in [0.717, 1.165) is 38.2 Å². The Balaban J connectivity index is 1.53. The Morgan fingerprint density at radius 1 is 1.46 bits per heavy atom. The van der Waals surface area contributed by atoms with Crippen molar-refractivity contribution in [2.75, 3.05) is 25.0 Å². The fourth-order valence-corrected chi connectivity index (χ4v) is 3.05. The van der Waals surface area contributed by atoms with Crippen LogP contribution in [-0.4, -0.2) is 34.1 Å². The molecule has 1 unspecified atom stereocenters. The molecule has 3 heterocycles. The Kier molecular flexibility index (Phi) is 4.92. The Labute approximate surface area is 141 Å². The molecule has 6 heteroatoms. The first-order chi connectivity index (χ1) is 11.7. The van der Waals surface area contributed by atoms with Crippen LogP contribution in [0, 0.1) is 17.2 Å². The van der Waals surface area contributed by atoms with Gasteiger partial charge in [0.25, 0.3) is 5.56 Å². The van der Waals surface area contributed by atoms with Crippen molar-refractivity contribution in [1.82, 2.24) is 14.5 Å². The molecule has 2 aromatic rings. The van der Waals surface area contributed by atoms with Gasteiger partial charge >= 0.3 is 0 Å². The molecule has 0 aliphatic carbocycles. The van der Waals surface area contributed by atoms with Gasteiger partial charge in [-0.15, -0.1) is 0 Å². The molecule has 1 aliphatic rings. The lowest BCUT2D eigenvalue weighted by Crippen LogP contribution is -2.24. The van der Waals surface area contributed by atoms with Crippen molar-refractivity contribution in [3.63, 3.8) is 0 Å². The van der Waals surface area contributed by atoms with E-state index in [1.54, 1.807) is 36.0 Å². The smallest absolute Gasteiger partial charge is 0.250 e. The molecular formula is C18H21N5O. The van der Waals surface area contributed by atoms with Crippen LogP contribution in [0.5, 0.6) is 0 Å². The predicted octanol–water partition coefficient (Wildman–Crippen LogP) is 1.59. The van der Waals surface area contributed by atoms with Gasteiger partial charge in [0.05, 0.1) is 5.56 Å². The van der Waals surface area contributed by atoms with E-state index >= 15 is 0 Å². The summed E-state index contributed by atoms with van der Waals surface area (Å²) in [6, 6.07) is 9.40. The van der Waals surface area contributed by atoms with Gasteiger partial charge < -0.3 is 9.88 Å². The number of aromatic nitrogens is 2. The Hall–Kier alpha value is -2.65. The van der Waals surface area contributed by atoms with E-state index in [1.807, 2.05) is 12.3 Å². The number of likely N-dealkylation sites (tertiary alicyclic amines) is 1. The molecule has 0 amide bonds. The SMILES string of the molecule is Cn1ccc(CN2CCC(CNc3ncccc3C#N)C2)cc1=O. The Bertz CT molecular complexity index is 808. The van der Waals surface area contributed by atoms with Crippen LogP contribution in [0.4, 0.5) is 5.82 Å². The summed E-state index contributed by atoms with van der Waals surface area (Å²) in [4.78, 5) is 18.3. The molecule has 0 radical (unpaired) electrons. The van der Waals surface area contributed by atoms with Crippen LogP contribution in [0.15, 0.2) is 41.5 Å². The molecule has 24 heavy (non-hydrogen) atoms. The van der Waals surface area contributed by atoms with E-state index in [2.05, 4.69) is 21.3 Å². The molecule has 1 N–H and O–H groups in total. The van der Waals surface area contributed by atoms with Crippen molar-refractivity contribution in [3.05, 3.63) is 58.1 Å². The van der Waals surface area contributed by atoms with Gasteiger partial charge in [0.2, 0.25) is 0 Å². The molecule has 1 saturated heterocycles. The second kappa shape index (κ2) is 7.28. The highest BCUT2D eigenvalue weighted by Crippen LogP contribution is 2.19. The quantitative estimate of drug-likeness (QED) is 0.904. The van der Waals surface area contributed by atoms with Crippen molar-refractivity contribution in [2.24, 2.45) is 13.0 Å².